The topological polar surface area (TPSA) is 44.5 Å². The van der Waals surface area contributed by atoms with E-state index in [1.54, 1.807) is 0 Å². The molecule has 1 aromatic carbocycles. The van der Waals surface area contributed by atoms with Gasteiger partial charge in [-0.25, -0.2) is 0 Å². The minimum atomic E-state index is -0.101. The van der Waals surface area contributed by atoms with Crippen LogP contribution in [0.4, 0.5) is 0 Å². The van der Waals surface area contributed by atoms with E-state index >= 15 is 0 Å². The molecule has 0 aliphatic rings. The van der Waals surface area contributed by atoms with Crippen molar-refractivity contribution < 1.29 is 9.47 Å². The van der Waals surface area contributed by atoms with Crippen molar-refractivity contribution in [3.05, 3.63) is 28.8 Å². The third-order valence-corrected chi connectivity index (χ3v) is 3.02. The first-order chi connectivity index (χ1) is 9.00. The van der Waals surface area contributed by atoms with Gasteiger partial charge < -0.3 is 15.2 Å². The van der Waals surface area contributed by atoms with Crippen molar-refractivity contribution in [1.82, 2.24) is 0 Å². The van der Waals surface area contributed by atoms with Crippen LogP contribution in [-0.4, -0.2) is 19.8 Å². The Morgan fingerprint density at radius 3 is 2.53 bits per heavy atom. The quantitative estimate of drug-likeness (QED) is 0.739. The molecule has 0 aliphatic carbocycles. The zero-order chi connectivity index (χ0) is 14.3. The predicted molar refractivity (Wildman–Crippen MR) is 79.8 cm³/mol. The molecular weight excluding hydrogens is 262 g/mol. The average molecular weight is 286 g/mol. The van der Waals surface area contributed by atoms with E-state index in [2.05, 4.69) is 13.8 Å². The second kappa shape index (κ2) is 8.41. The van der Waals surface area contributed by atoms with Gasteiger partial charge in [0.1, 0.15) is 12.4 Å². The molecule has 0 saturated heterocycles. The molecule has 1 unspecified atom stereocenters. The lowest BCUT2D eigenvalue weighted by molar-refractivity contribution is 0.0922. The molecule has 1 rings (SSSR count). The molecule has 0 radical (unpaired) electrons. The Morgan fingerprint density at radius 1 is 1.16 bits per heavy atom. The molecule has 0 spiro atoms. The maximum absolute atomic E-state index is 5.96. The van der Waals surface area contributed by atoms with Crippen LogP contribution in [0.15, 0.2) is 18.2 Å². The highest BCUT2D eigenvalue weighted by atomic mass is 35.5. The molecule has 0 fully saturated rings. The minimum Gasteiger partial charge on any atom is -0.491 e. The molecule has 0 aromatic heterocycles. The molecule has 1 aromatic rings. The van der Waals surface area contributed by atoms with Crippen LogP contribution < -0.4 is 10.5 Å². The van der Waals surface area contributed by atoms with Crippen molar-refractivity contribution in [2.75, 3.05) is 19.8 Å². The van der Waals surface area contributed by atoms with Crippen LogP contribution in [0.5, 0.6) is 5.75 Å². The first-order valence-corrected chi connectivity index (χ1v) is 7.14. The summed E-state index contributed by atoms with van der Waals surface area (Å²) in [5.74, 6) is 1.45. The highest BCUT2D eigenvalue weighted by molar-refractivity contribution is 6.30. The maximum Gasteiger partial charge on any atom is 0.124 e. The summed E-state index contributed by atoms with van der Waals surface area (Å²) in [5.41, 5.74) is 6.82. The van der Waals surface area contributed by atoms with E-state index in [4.69, 9.17) is 26.8 Å². The Balaban J connectivity index is 2.37. The van der Waals surface area contributed by atoms with Gasteiger partial charge >= 0.3 is 0 Å². The largest absolute Gasteiger partial charge is 0.491 e. The van der Waals surface area contributed by atoms with Crippen LogP contribution in [0.3, 0.4) is 0 Å². The van der Waals surface area contributed by atoms with E-state index in [0.717, 1.165) is 24.3 Å². The number of hydrogen-bond donors (Lipinski definition) is 1. The van der Waals surface area contributed by atoms with Crippen LogP contribution in [0, 0.1) is 5.92 Å². The normalized spacial score (nSPS) is 12.7. The Hall–Kier alpha value is -0.770. The van der Waals surface area contributed by atoms with Gasteiger partial charge in [0.05, 0.1) is 6.61 Å². The van der Waals surface area contributed by atoms with E-state index in [1.807, 2.05) is 25.1 Å². The molecule has 0 aliphatic heterocycles. The van der Waals surface area contributed by atoms with Crippen molar-refractivity contribution in [3.8, 4) is 5.75 Å². The van der Waals surface area contributed by atoms with Crippen LogP contribution >= 0.6 is 11.6 Å². The summed E-state index contributed by atoms with van der Waals surface area (Å²) in [7, 11) is 0. The van der Waals surface area contributed by atoms with Crippen LogP contribution in [0.2, 0.25) is 5.02 Å². The van der Waals surface area contributed by atoms with Gasteiger partial charge in [0.15, 0.2) is 0 Å². The Bertz CT molecular complexity index is 380. The fourth-order valence-electron chi connectivity index (χ4n) is 1.64. The van der Waals surface area contributed by atoms with Crippen LogP contribution in [0.25, 0.3) is 0 Å². The molecule has 0 saturated carbocycles. The van der Waals surface area contributed by atoms with Gasteiger partial charge in [-0.2, -0.15) is 0 Å². The number of nitrogens with two attached hydrogens (primary N) is 1. The molecule has 0 heterocycles. The van der Waals surface area contributed by atoms with Gasteiger partial charge in [0.25, 0.3) is 0 Å². The van der Waals surface area contributed by atoms with Crippen LogP contribution in [-0.2, 0) is 4.74 Å². The highest BCUT2D eigenvalue weighted by Crippen LogP contribution is 2.27. The fraction of sp³-hybridized carbons (Fsp3) is 0.600. The maximum atomic E-state index is 5.96. The summed E-state index contributed by atoms with van der Waals surface area (Å²) in [5, 5.41) is 0.674. The standard InChI is InChI=1S/C15H24ClNO2/c1-11(2)6-7-18-8-9-19-15-5-4-13(16)10-14(15)12(3)17/h4-5,10-12H,6-9,17H2,1-3H3. The zero-order valence-electron chi connectivity index (χ0n) is 12.0. The molecule has 108 valence electrons. The summed E-state index contributed by atoms with van der Waals surface area (Å²) < 4.78 is 11.2. The van der Waals surface area contributed by atoms with Gasteiger partial charge in [-0.15, -0.1) is 0 Å². The average Bonchev–Trinajstić information content (AvgIpc) is 2.34. The molecule has 3 nitrogen and oxygen atoms in total. The molecule has 0 amide bonds. The summed E-state index contributed by atoms with van der Waals surface area (Å²) in [6, 6.07) is 5.41. The predicted octanol–water partition coefficient (Wildman–Crippen LogP) is 3.80. The highest BCUT2D eigenvalue weighted by Gasteiger charge is 2.08. The van der Waals surface area contributed by atoms with Gasteiger partial charge in [0.2, 0.25) is 0 Å². The fourth-order valence-corrected chi connectivity index (χ4v) is 1.82. The number of hydrogen-bond acceptors (Lipinski definition) is 3. The lowest BCUT2D eigenvalue weighted by Crippen LogP contribution is -2.12. The molecule has 0 bridgehead atoms. The second-order valence-electron chi connectivity index (χ2n) is 5.11. The first-order valence-electron chi connectivity index (χ1n) is 6.76. The molecule has 1 atom stereocenters. The zero-order valence-corrected chi connectivity index (χ0v) is 12.7. The van der Waals surface area contributed by atoms with Crippen LogP contribution in [0.1, 0.15) is 38.8 Å². The van der Waals surface area contributed by atoms with E-state index in [9.17, 15) is 0 Å². The number of halogens is 1. The third kappa shape index (κ3) is 6.28. The van der Waals surface area contributed by atoms with Crippen molar-refractivity contribution >= 4 is 11.6 Å². The second-order valence-corrected chi connectivity index (χ2v) is 5.55. The van der Waals surface area contributed by atoms with E-state index in [0.29, 0.717) is 24.2 Å². The Labute approximate surface area is 121 Å². The summed E-state index contributed by atoms with van der Waals surface area (Å²) >= 11 is 5.96. The molecule has 19 heavy (non-hydrogen) atoms. The number of benzene rings is 1. The van der Waals surface area contributed by atoms with Gasteiger partial charge in [0, 0.05) is 23.2 Å². The molecule has 4 heteroatoms. The monoisotopic (exact) mass is 285 g/mol. The SMILES string of the molecule is CC(C)CCOCCOc1ccc(Cl)cc1C(C)N. The first kappa shape index (κ1) is 16.3. The Kier molecular flexibility index (Phi) is 7.21. The van der Waals surface area contributed by atoms with Gasteiger partial charge in [-0.05, 0) is 37.5 Å². The number of rotatable bonds is 8. The van der Waals surface area contributed by atoms with Gasteiger partial charge in [-0.3, -0.25) is 0 Å². The summed E-state index contributed by atoms with van der Waals surface area (Å²) in [6.07, 6.45) is 1.08. The number of ether oxygens (including phenoxy) is 2. The molecular formula is C15H24ClNO2. The van der Waals surface area contributed by atoms with E-state index in [-0.39, 0.29) is 6.04 Å². The molecule has 2 N–H and O–H groups in total. The lowest BCUT2D eigenvalue weighted by atomic mass is 10.1. The third-order valence-electron chi connectivity index (χ3n) is 2.79. The van der Waals surface area contributed by atoms with Crippen molar-refractivity contribution in [3.63, 3.8) is 0 Å². The summed E-state index contributed by atoms with van der Waals surface area (Å²) in [6.45, 7) is 8.18. The Morgan fingerprint density at radius 2 is 1.89 bits per heavy atom. The van der Waals surface area contributed by atoms with Crippen molar-refractivity contribution in [2.45, 2.75) is 33.2 Å². The van der Waals surface area contributed by atoms with E-state index < -0.39 is 0 Å². The summed E-state index contributed by atoms with van der Waals surface area (Å²) in [4.78, 5) is 0. The van der Waals surface area contributed by atoms with Crippen molar-refractivity contribution in [1.29, 1.82) is 0 Å². The lowest BCUT2D eigenvalue weighted by Gasteiger charge is -2.14. The van der Waals surface area contributed by atoms with Crippen molar-refractivity contribution in [2.24, 2.45) is 11.7 Å². The smallest absolute Gasteiger partial charge is 0.124 e. The minimum absolute atomic E-state index is 0.101. The van der Waals surface area contributed by atoms with Gasteiger partial charge in [-0.1, -0.05) is 25.4 Å². The van der Waals surface area contributed by atoms with E-state index in [1.165, 1.54) is 0 Å².